The normalized spacial score (nSPS) is 12.0. The van der Waals surface area contributed by atoms with Gasteiger partial charge in [0.25, 0.3) is 0 Å². The molecule has 1 rings (SSSR count). The quantitative estimate of drug-likeness (QED) is 0.789. The molecule has 9 heteroatoms. The Labute approximate surface area is 112 Å². The lowest BCUT2D eigenvalue weighted by atomic mass is 10.2. The number of hydrogen-bond acceptors (Lipinski definition) is 4. The van der Waals surface area contributed by atoms with Gasteiger partial charge in [0, 0.05) is 5.92 Å². The Morgan fingerprint density at radius 2 is 2.05 bits per heavy atom. The fourth-order valence-corrected chi connectivity index (χ4v) is 1.26. The molecule has 0 fully saturated rings. The summed E-state index contributed by atoms with van der Waals surface area (Å²) >= 11 is 0. The van der Waals surface area contributed by atoms with Gasteiger partial charge in [-0.25, -0.2) is 23.5 Å². The highest BCUT2D eigenvalue weighted by atomic mass is 19.3. The predicted molar refractivity (Wildman–Crippen MR) is 62.5 cm³/mol. The highest BCUT2D eigenvalue weighted by Gasteiger charge is 2.40. The first-order chi connectivity index (χ1) is 9.15. The van der Waals surface area contributed by atoms with Crippen LogP contribution in [0.4, 0.5) is 23.2 Å². The third kappa shape index (κ3) is 3.78. The van der Waals surface area contributed by atoms with Crippen LogP contribution in [0.25, 0.3) is 0 Å². The van der Waals surface area contributed by atoms with Crippen molar-refractivity contribution in [1.29, 1.82) is 0 Å². The molecule has 0 spiro atoms. The van der Waals surface area contributed by atoms with Crippen LogP contribution in [-0.2, 0) is 0 Å². The maximum Gasteiger partial charge on any atom is 0.356 e. The summed E-state index contributed by atoms with van der Waals surface area (Å²) in [5, 5.41) is 10.9. The molecule has 0 aliphatic carbocycles. The van der Waals surface area contributed by atoms with Crippen LogP contribution < -0.4 is 5.32 Å². The molecule has 1 heterocycles. The lowest BCUT2D eigenvalue weighted by Gasteiger charge is -2.17. The summed E-state index contributed by atoms with van der Waals surface area (Å²) in [6.07, 6.45) is -2.85. The zero-order chi connectivity index (χ0) is 15.5. The van der Waals surface area contributed by atoms with Gasteiger partial charge in [0.15, 0.2) is 5.69 Å². The predicted octanol–water partition coefficient (Wildman–Crippen LogP) is 2.61. The Kier molecular flexibility index (Phi) is 4.85. The van der Waals surface area contributed by atoms with Gasteiger partial charge in [0.1, 0.15) is 5.82 Å². The molecular weight excluding hydrogens is 282 g/mol. The van der Waals surface area contributed by atoms with Crippen molar-refractivity contribution in [3.63, 3.8) is 0 Å². The van der Waals surface area contributed by atoms with E-state index in [1.807, 2.05) is 5.32 Å². The molecule has 20 heavy (non-hydrogen) atoms. The van der Waals surface area contributed by atoms with Crippen molar-refractivity contribution in [3.05, 3.63) is 17.7 Å². The van der Waals surface area contributed by atoms with Gasteiger partial charge in [0.2, 0.25) is 0 Å². The lowest BCUT2D eigenvalue weighted by Crippen LogP contribution is -2.35. The molecule has 0 radical (unpaired) electrons. The second-order valence-electron chi connectivity index (χ2n) is 4.37. The molecule has 5 nitrogen and oxygen atoms in total. The SMILES string of the molecule is CC(C)c1ncc(NCC(F)(F)C(F)F)c(C(=O)O)n1. The van der Waals surface area contributed by atoms with Crippen molar-refractivity contribution in [3.8, 4) is 0 Å². The first kappa shape index (κ1) is 16.1. The minimum atomic E-state index is -4.27. The number of aromatic carboxylic acids is 1. The van der Waals surface area contributed by atoms with E-state index in [-0.39, 0.29) is 17.4 Å². The van der Waals surface area contributed by atoms with Crippen molar-refractivity contribution in [2.75, 3.05) is 11.9 Å². The van der Waals surface area contributed by atoms with E-state index in [1.54, 1.807) is 13.8 Å². The van der Waals surface area contributed by atoms with Gasteiger partial charge < -0.3 is 10.4 Å². The van der Waals surface area contributed by atoms with Crippen molar-refractivity contribution < 1.29 is 27.5 Å². The van der Waals surface area contributed by atoms with Gasteiger partial charge in [-0.3, -0.25) is 0 Å². The van der Waals surface area contributed by atoms with E-state index in [4.69, 9.17) is 5.11 Å². The summed E-state index contributed by atoms with van der Waals surface area (Å²) in [6.45, 7) is 2.04. The standard InChI is InChI=1S/C11H13F4N3O2/c1-5(2)8-16-3-6(7(18-8)9(19)20)17-4-11(14,15)10(12)13/h3,5,10,17H,4H2,1-2H3,(H,19,20). The summed E-state index contributed by atoms with van der Waals surface area (Å²) in [5.41, 5.74) is -0.865. The Morgan fingerprint density at radius 3 is 2.50 bits per heavy atom. The maximum absolute atomic E-state index is 12.8. The molecule has 1 aromatic heterocycles. The number of hydrogen-bond donors (Lipinski definition) is 2. The van der Waals surface area contributed by atoms with Crippen LogP contribution in [0, 0.1) is 0 Å². The molecule has 0 bridgehead atoms. The summed E-state index contributed by atoms with van der Waals surface area (Å²) in [4.78, 5) is 18.5. The molecule has 0 aliphatic heterocycles. The van der Waals surface area contributed by atoms with E-state index in [0.29, 0.717) is 0 Å². The second kappa shape index (κ2) is 6.02. The van der Waals surface area contributed by atoms with Crippen LogP contribution in [0.5, 0.6) is 0 Å². The van der Waals surface area contributed by atoms with Crippen molar-refractivity contribution in [2.24, 2.45) is 0 Å². The van der Waals surface area contributed by atoms with Gasteiger partial charge in [0.05, 0.1) is 18.4 Å². The topological polar surface area (TPSA) is 75.1 Å². The number of anilines is 1. The number of carboxylic acid groups (broad SMARTS) is 1. The van der Waals surface area contributed by atoms with Crippen molar-refractivity contribution >= 4 is 11.7 Å². The first-order valence-corrected chi connectivity index (χ1v) is 5.65. The molecule has 0 saturated heterocycles. The zero-order valence-corrected chi connectivity index (χ0v) is 10.7. The number of nitrogens with one attached hydrogen (secondary N) is 1. The number of alkyl halides is 4. The second-order valence-corrected chi connectivity index (χ2v) is 4.37. The number of rotatable bonds is 6. The van der Waals surface area contributed by atoms with E-state index in [1.165, 1.54) is 0 Å². The Bertz CT molecular complexity index is 495. The summed E-state index contributed by atoms with van der Waals surface area (Å²) in [6, 6.07) is 0. The number of nitrogens with zero attached hydrogens (tertiary/aromatic N) is 2. The Hall–Kier alpha value is -1.93. The number of halogens is 4. The van der Waals surface area contributed by atoms with Crippen LogP contribution in [0.2, 0.25) is 0 Å². The fourth-order valence-electron chi connectivity index (χ4n) is 1.26. The van der Waals surface area contributed by atoms with Crippen LogP contribution in [0.3, 0.4) is 0 Å². The van der Waals surface area contributed by atoms with E-state index in [9.17, 15) is 22.4 Å². The van der Waals surface area contributed by atoms with Crippen LogP contribution in [0.1, 0.15) is 36.1 Å². The molecule has 0 aliphatic rings. The van der Waals surface area contributed by atoms with E-state index in [2.05, 4.69) is 9.97 Å². The van der Waals surface area contributed by atoms with Crippen molar-refractivity contribution in [2.45, 2.75) is 32.1 Å². The van der Waals surface area contributed by atoms with Crippen LogP contribution in [0.15, 0.2) is 6.20 Å². The molecular formula is C11H13F4N3O2. The maximum atomic E-state index is 12.8. The van der Waals surface area contributed by atoms with Gasteiger partial charge in [-0.1, -0.05) is 13.8 Å². The number of carbonyl (C=O) groups is 1. The monoisotopic (exact) mass is 295 g/mol. The smallest absolute Gasteiger partial charge is 0.356 e. The van der Waals surface area contributed by atoms with Crippen LogP contribution in [-0.4, -0.2) is 39.9 Å². The van der Waals surface area contributed by atoms with Gasteiger partial charge in [-0.15, -0.1) is 0 Å². The highest BCUT2D eigenvalue weighted by molar-refractivity contribution is 5.91. The summed E-state index contributed by atoms with van der Waals surface area (Å²) in [5.74, 6) is -5.68. The molecule has 0 amide bonds. The molecule has 0 aromatic carbocycles. The molecule has 2 N–H and O–H groups in total. The van der Waals surface area contributed by atoms with E-state index in [0.717, 1.165) is 6.20 Å². The lowest BCUT2D eigenvalue weighted by molar-refractivity contribution is -0.117. The zero-order valence-electron chi connectivity index (χ0n) is 10.7. The van der Waals surface area contributed by atoms with Crippen molar-refractivity contribution in [1.82, 2.24) is 9.97 Å². The van der Waals surface area contributed by atoms with E-state index >= 15 is 0 Å². The minimum Gasteiger partial charge on any atom is -0.476 e. The third-order valence-corrected chi connectivity index (χ3v) is 2.36. The first-order valence-electron chi connectivity index (χ1n) is 5.65. The largest absolute Gasteiger partial charge is 0.476 e. The molecule has 0 atom stereocenters. The number of aromatic nitrogens is 2. The average molecular weight is 295 g/mol. The fraction of sp³-hybridized carbons (Fsp3) is 0.545. The highest BCUT2D eigenvalue weighted by Crippen LogP contribution is 2.24. The van der Waals surface area contributed by atoms with Gasteiger partial charge in [-0.05, 0) is 0 Å². The van der Waals surface area contributed by atoms with Crippen LogP contribution >= 0.6 is 0 Å². The molecule has 0 saturated carbocycles. The summed E-state index contributed by atoms with van der Waals surface area (Å²) in [7, 11) is 0. The molecule has 112 valence electrons. The minimum absolute atomic E-state index is 0.162. The molecule has 1 aromatic rings. The molecule has 0 unspecified atom stereocenters. The number of carboxylic acids is 1. The Balaban J connectivity index is 2.98. The van der Waals surface area contributed by atoms with Gasteiger partial charge >= 0.3 is 18.3 Å². The van der Waals surface area contributed by atoms with E-state index < -0.39 is 30.6 Å². The Morgan fingerprint density at radius 1 is 1.45 bits per heavy atom. The summed E-state index contributed by atoms with van der Waals surface area (Å²) < 4.78 is 49.6. The average Bonchev–Trinajstić information content (AvgIpc) is 2.35. The third-order valence-electron chi connectivity index (χ3n) is 2.36. The van der Waals surface area contributed by atoms with Gasteiger partial charge in [-0.2, -0.15) is 8.78 Å².